The summed E-state index contributed by atoms with van der Waals surface area (Å²) in [6, 6.07) is 3.63. The molecule has 0 amide bonds. The number of imidazole rings is 1. The Balaban J connectivity index is 2.07. The molecule has 6 heteroatoms. The number of aromatic nitrogens is 2. The molecule has 20 heavy (non-hydrogen) atoms. The summed E-state index contributed by atoms with van der Waals surface area (Å²) >= 11 is 6.20. The minimum Gasteiger partial charge on any atom is -0.493 e. The fourth-order valence-electron chi connectivity index (χ4n) is 1.92. The van der Waals surface area contributed by atoms with E-state index in [9.17, 15) is 0 Å². The Morgan fingerprint density at radius 2 is 2.20 bits per heavy atom. The van der Waals surface area contributed by atoms with Crippen molar-refractivity contribution in [1.82, 2.24) is 9.55 Å². The summed E-state index contributed by atoms with van der Waals surface area (Å²) in [5.41, 5.74) is 6.52. The van der Waals surface area contributed by atoms with E-state index in [1.165, 1.54) is 0 Å². The number of methoxy groups -OCH3 is 1. The summed E-state index contributed by atoms with van der Waals surface area (Å²) in [7, 11) is 1.58. The Kier molecular flexibility index (Phi) is 4.87. The number of rotatable bonds is 6. The molecule has 0 saturated heterocycles. The van der Waals surface area contributed by atoms with Gasteiger partial charge in [-0.2, -0.15) is 0 Å². The molecule has 0 spiro atoms. The van der Waals surface area contributed by atoms with Gasteiger partial charge in [0.15, 0.2) is 11.5 Å². The first-order chi connectivity index (χ1) is 9.65. The zero-order valence-electron chi connectivity index (χ0n) is 11.6. The third kappa shape index (κ3) is 3.23. The van der Waals surface area contributed by atoms with E-state index < -0.39 is 0 Å². The molecule has 0 bridgehead atoms. The maximum atomic E-state index is 6.20. The van der Waals surface area contributed by atoms with Gasteiger partial charge in [0.25, 0.3) is 0 Å². The molecule has 0 fully saturated rings. The van der Waals surface area contributed by atoms with Crippen molar-refractivity contribution in [2.75, 3.05) is 13.7 Å². The highest BCUT2D eigenvalue weighted by molar-refractivity contribution is 6.32. The van der Waals surface area contributed by atoms with Crippen LogP contribution in [0.4, 0.5) is 0 Å². The van der Waals surface area contributed by atoms with Gasteiger partial charge >= 0.3 is 0 Å². The summed E-state index contributed by atoms with van der Waals surface area (Å²) in [6.07, 6.45) is 3.67. The van der Waals surface area contributed by atoms with E-state index in [2.05, 4.69) is 4.98 Å². The first-order valence-corrected chi connectivity index (χ1v) is 6.70. The maximum absolute atomic E-state index is 6.20. The Bertz CT molecular complexity index is 584. The predicted octanol–water partition coefficient (Wildman–Crippen LogP) is 2.39. The Hall–Kier alpha value is -1.72. The number of halogens is 1. The van der Waals surface area contributed by atoms with Crippen LogP contribution in [0.15, 0.2) is 24.5 Å². The second-order valence-corrected chi connectivity index (χ2v) is 4.74. The zero-order valence-corrected chi connectivity index (χ0v) is 12.4. The molecule has 0 unspecified atom stereocenters. The molecular formula is C14H18ClN3O2. The largest absolute Gasteiger partial charge is 0.493 e. The zero-order chi connectivity index (χ0) is 14.5. The first-order valence-electron chi connectivity index (χ1n) is 6.32. The van der Waals surface area contributed by atoms with Gasteiger partial charge in [0.2, 0.25) is 0 Å². The Morgan fingerprint density at radius 3 is 2.80 bits per heavy atom. The van der Waals surface area contributed by atoms with Crippen LogP contribution in [-0.2, 0) is 13.1 Å². The molecule has 0 aliphatic rings. The second-order valence-electron chi connectivity index (χ2n) is 4.33. The van der Waals surface area contributed by atoms with E-state index in [4.69, 9.17) is 26.8 Å². The molecule has 2 N–H and O–H groups in total. The molecule has 0 atom stereocenters. The summed E-state index contributed by atoms with van der Waals surface area (Å²) in [5.74, 6) is 2.09. The number of hydrogen-bond acceptors (Lipinski definition) is 4. The SMILES string of the molecule is COc1cc(CN)cc(Cl)c1OCCn1ccnc1C. The Morgan fingerprint density at radius 1 is 1.40 bits per heavy atom. The van der Waals surface area contributed by atoms with Gasteiger partial charge in [0.1, 0.15) is 12.4 Å². The van der Waals surface area contributed by atoms with Crippen LogP contribution in [0.2, 0.25) is 5.02 Å². The average Bonchev–Trinajstić information content (AvgIpc) is 2.85. The predicted molar refractivity (Wildman–Crippen MR) is 78.4 cm³/mol. The number of ether oxygens (including phenoxy) is 2. The van der Waals surface area contributed by atoms with Crippen molar-refractivity contribution in [3.05, 3.63) is 40.9 Å². The summed E-state index contributed by atoms with van der Waals surface area (Å²) in [5, 5.41) is 0.507. The Labute approximate surface area is 123 Å². The lowest BCUT2D eigenvalue weighted by Gasteiger charge is -2.14. The third-order valence-corrected chi connectivity index (χ3v) is 3.31. The van der Waals surface area contributed by atoms with Crippen molar-refractivity contribution in [2.24, 2.45) is 5.73 Å². The smallest absolute Gasteiger partial charge is 0.179 e. The van der Waals surface area contributed by atoms with Crippen LogP contribution in [0.3, 0.4) is 0 Å². The van der Waals surface area contributed by atoms with Gasteiger partial charge < -0.3 is 19.8 Å². The van der Waals surface area contributed by atoms with Crippen molar-refractivity contribution in [2.45, 2.75) is 20.0 Å². The van der Waals surface area contributed by atoms with Crippen LogP contribution in [0.25, 0.3) is 0 Å². The molecular weight excluding hydrogens is 278 g/mol. The van der Waals surface area contributed by atoms with Crippen LogP contribution in [0, 0.1) is 6.92 Å². The molecule has 2 aromatic rings. The molecule has 2 rings (SSSR count). The maximum Gasteiger partial charge on any atom is 0.179 e. The number of nitrogens with zero attached hydrogens (tertiary/aromatic N) is 2. The van der Waals surface area contributed by atoms with Gasteiger partial charge in [-0.05, 0) is 24.6 Å². The van der Waals surface area contributed by atoms with Gasteiger partial charge in [-0.15, -0.1) is 0 Å². The minimum absolute atomic E-state index is 0.407. The lowest BCUT2D eigenvalue weighted by atomic mass is 10.2. The van der Waals surface area contributed by atoms with E-state index in [1.807, 2.05) is 23.8 Å². The number of nitrogens with two attached hydrogens (primary N) is 1. The van der Waals surface area contributed by atoms with Gasteiger partial charge in [0, 0.05) is 18.9 Å². The van der Waals surface area contributed by atoms with Crippen molar-refractivity contribution in [1.29, 1.82) is 0 Å². The number of benzene rings is 1. The molecule has 0 radical (unpaired) electrons. The topological polar surface area (TPSA) is 62.3 Å². The molecule has 0 aliphatic carbocycles. The molecule has 1 heterocycles. The minimum atomic E-state index is 0.407. The van der Waals surface area contributed by atoms with Crippen LogP contribution < -0.4 is 15.2 Å². The molecule has 5 nitrogen and oxygen atoms in total. The van der Waals surface area contributed by atoms with Crippen LogP contribution in [0.5, 0.6) is 11.5 Å². The highest BCUT2D eigenvalue weighted by Crippen LogP contribution is 2.36. The lowest BCUT2D eigenvalue weighted by molar-refractivity contribution is 0.279. The molecule has 1 aromatic heterocycles. The second kappa shape index (κ2) is 6.63. The monoisotopic (exact) mass is 295 g/mol. The molecule has 108 valence electrons. The first kappa shape index (κ1) is 14.7. The number of hydrogen-bond donors (Lipinski definition) is 1. The number of aryl methyl sites for hydroxylation is 1. The quantitative estimate of drug-likeness (QED) is 0.889. The van der Waals surface area contributed by atoms with Gasteiger partial charge in [-0.25, -0.2) is 4.98 Å². The normalized spacial score (nSPS) is 10.6. The van der Waals surface area contributed by atoms with E-state index in [1.54, 1.807) is 19.4 Å². The van der Waals surface area contributed by atoms with E-state index in [-0.39, 0.29) is 0 Å². The van der Waals surface area contributed by atoms with Crippen LogP contribution in [-0.4, -0.2) is 23.3 Å². The standard InChI is InChI=1S/C14H18ClN3O2/c1-10-17-3-4-18(10)5-6-20-14-12(15)7-11(9-16)8-13(14)19-2/h3-4,7-8H,5-6,9,16H2,1-2H3. The van der Waals surface area contributed by atoms with E-state index in [0.717, 1.165) is 11.4 Å². The molecule has 0 saturated carbocycles. The van der Waals surface area contributed by atoms with Gasteiger partial charge in [0.05, 0.1) is 18.7 Å². The van der Waals surface area contributed by atoms with Crippen molar-refractivity contribution in [3.63, 3.8) is 0 Å². The fourth-order valence-corrected chi connectivity index (χ4v) is 2.21. The highest BCUT2D eigenvalue weighted by atomic mass is 35.5. The van der Waals surface area contributed by atoms with Crippen molar-refractivity contribution in [3.8, 4) is 11.5 Å². The highest BCUT2D eigenvalue weighted by Gasteiger charge is 2.11. The fraction of sp³-hybridized carbons (Fsp3) is 0.357. The van der Waals surface area contributed by atoms with Crippen LogP contribution in [0.1, 0.15) is 11.4 Å². The lowest BCUT2D eigenvalue weighted by Crippen LogP contribution is -2.10. The van der Waals surface area contributed by atoms with Crippen LogP contribution >= 0.6 is 11.6 Å². The van der Waals surface area contributed by atoms with E-state index >= 15 is 0 Å². The van der Waals surface area contributed by atoms with Gasteiger partial charge in [-0.1, -0.05) is 11.6 Å². The summed E-state index contributed by atoms with van der Waals surface area (Å²) in [4.78, 5) is 4.16. The van der Waals surface area contributed by atoms with Gasteiger partial charge in [-0.3, -0.25) is 0 Å². The molecule has 0 aliphatic heterocycles. The average molecular weight is 296 g/mol. The summed E-state index contributed by atoms with van der Waals surface area (Å²) < 4.78 is 13.0. The van der Waals surface area contributed by atoms with E-state index in [0.29, 0.717) is 36.2 Å². The third-order valence-electron chi connectivity index (χ3n) is 3.03. The van der Waals surface area contributed by atoms with Crippen molar-refractivity contribution >= 4 is 11.6 Å². The van der Waals surface area contributed by atoms with Crippen molar-refractivity contribution < 1.29 is 9.47 Å². The summed E-state index contributed by atoms with van der Waals surface area (Å²) in [6.45, 7) is 3.54. The molecule has 1 aromatic carbocycles.